The second-order valence-electron chi connectivity index (χ2n) is 5.21. The lowest BCUT2D eigenvalue weighted by Crippen LogP contribution is -2.37. The first-order chi connectivity index (χ1) is 10.5. The highest BCUT2D eigenvalue weighted by molar-refractivity contribution is 5.76. The number of nitro groups is 1. The number of hydrogen-bond acceptors (Lipinski definition) is 5. The number of likely N-dealkylation sites (tertiary alicyclic amines) is 1. The molecule has 0 bridgehead atoms. The van der Waals surface area contributed by atoms with Crippen LogP contribution in [0.15, 0.2) is 17.1 Å². The van der Waals surface area contributed by atoms with Gasteiger partial charge in [-0.15, -0.1) is 0 Å². The Hall–Kier alpha value is -2.69. The van der Waals surface area contributed by atoms with Crippen molar-refractivity contribution in [2.24, 2.45) is 0 Å². The molecule has 0 spiro atoms. The monoisotopic (exact) mass is 304 g/mol. The van der Waals surface area contributed by atoms with Crippen molar-refractivity contribution < 1.29 is 9.72 Å². The van der Waals surface area contributed by atoms with Crippen molar-refractivity contribution in [3.05, 3.63) is 38.3 Å². The molecule has 1 aliphatic heterocycles. The summed E-state index contributed by atoms with van der Waals surface area (Å²) >= 11 is 0. The number of aromatic nitrogens is 1. The van der Waals surface area contributed by atoms with E-state index in [9.17, 15) is 19.7 Å². The molecule has 2 heterocycles. The van der Waals surface area contributed by atoms with Crippen molar-refractivity contribution in [3.8, 4) is 6.07 Å². The molecular formula is C14H16N4O4. The van der Waals surface area contributed by atoms with Crippen LogP contribution in [0.1, 0.15) is 31.2 Å². The van der Waals surface area contributed by atoms with Crippen LogP contribution in [0.2, 0.25) is 0 Å². The summed E-state index contributed by atoms with van der Waals surface area (Å²) in [6.07, 6.45) is 4.98. The van der Waals surface area contributed by atoms with Gasteiger partial charge in [0, 0.05) is 19.2 Å². The zero-order chi connectivity index (χ0) is 16.1. The maximum Gasteiger partial charge on any atom is 0.287 e. The van der Waals surface area contributed by atoms with E-state index in [1.54, 1.807) is 11.0 Å². The summed E-state index contributed by atoms with van der Waals surface area (Å²) in [4.78, 5) is 36.1. The van der Waals surface area contributed by atoms with E-state index in [2.05, 4.69) is 0 Å². The van der Waals surface area contributed by atoms with Gasteiger partial charge in [-0.05, 0) is 12.8 Å². The molecule has 0 radical (unpaired) electrons. The minimum Gasteiger partial charge on any atom is -0.341 e. The van der Waals surface area contributed by atoms with Crippen LogP contribution in [0.4, 0.5) is 5.69 Å². The fraction of sp³-hybridized carbons (Fsp3) is 0.500. The number of rotatable bonds is 3. The van der Waals surface area contributed by atoms with E-state index in [-0.39, 0.29) is 23.7 Å². The van der Waals surface area contributed by atoms with Gasteiger partial charge in [0.2, 0.25) is 5.91 Å². The van der Waals surface area contributed by atoms with Crippen LogP contribution >= 0.6 is 0 Å². The lowest BCUT2D eigenvalue weighted by Gasteiger charge is -2.20. The fourth-order valence-corrected chi connectivity index (χ4v) is 2.48. The van der Waals surface area contributed by atoms with Crippen LogP contribution in [-0.2, 0) is 11.3 Å². The number of hydrogen-bond donors (Lipinski definition) is 0. The number of nitrogens with zero attached hydrogens (tertiary/aromatic N) is 4. The average molecular weight is 304 g/mol. The van der Waals surface area contributed by atoms with Gasteiger partial charge in [-0.3, -0.25) is 24.3 Å². The summed E-state index contributed by atoms with van der Waals surface area (Å²) in [6, 6.07) is 2.56. The van der Waals surface area contributed by atoms with Gasteiger partial charge in [0.15, 0.2) is 0 Å². The molecule has 0 saturated carbocycles. The van der Waals surface area contributed by atoms with Gasteiger partial charge in [0.1, 0.15) is 18.2 Å². The number of pyridine rings is 1. The second kappa shape index (κ2) is 6.85. The Morgan fingerprint density at radius 1 is 1.32 bits per heavy atom. The van der Waals surface area contributed by atoms with E-state index in [0.717, 1.165) is 42.5 Å². The Labute approximate surface area is 126 Å². The van der Waals surface area contributed by atoms with Crippen molar-refractivity contribution in [1.29, 1.82) is 5.26 Å². The molecule has 0 atom stereocenters. The largest absolute Gasteiger partial charge is 0.341 e. The van der Waals surface area contributed by atoms with Crippen molar-refractivity contribution in [2.75, 3.05) is 13.1 Å². The lowest BCUT2D eigenvalue weighted by atomic mass is 10.2. The smallest absolute Gasteiger partial charge is 0.287 e. The molecule has 22 heavy (non-hydrogen) atoms. The summed E-state index contributed by atoms with van der Waals surface area (Å²) < 4.78 is 0.948. The standard InChI is InChI=1S/C14H16N4O4/c15-8-11-7-12(18(21)22)9-17(14(11)20)10-13(19)16-5-3-1-2-4-6-16/h7,9H,1-6,10H2. The quantitative estimate of drug-likeness (QED) is 0.612. The van der Waals surface area contributed by atoms with E-state index in [0.29, 0.717) is 13.1 Å². The van der Waals surface area contributed by atoms with Gasteiger partial charge in [-0.25, -0.2) is 0 Å². The summed E-state index contributed by atoms with van der Waals surface area (Å²) in [5, 5.41) is 19.7. The van der Waals surface area contributed by atoms with Gasteiger partial charge in [-0.2, -0.15) is 5.26 Å². The first kappa shape index (κ1) is 15.7. The Morgan fingerprint density at radius 2 is 1.95 bits per heavy atom. The molecule has 2 rings (SSSR count). The van der Waals surface area contributed by atoms with Crippen LogP contribution < -0.4 is 5.56 Å². The van der Waals surface area contributed by atoms with E-state index >= 15 is 0 Å². The zero-order valence-corrected chi connectivity index (χ0v) is 12.0. The maximum absolute atomic E-state index is 12.3. The molecule has 1 saturated heterocycles. The van der Waals surface area contributed by atoms with Crippen molar-refractivity contribution >= 4 is 11.6 Å². The highest BCUT2D eigenvalue weighted by Crippen LogP contribution is 2.12. The predicted octanol–water partition coefficient (Wildman–Crippen LogP) is 1.03. The molecule has 0 N–H and O–H groups in total. The normalized spacial score (nSPS) is 15.0. The molecule has 1 aromatic heterocycles. The third kappa shape index (κ3) is 3.49. The highest BCUT2D eigenvalue weighted by Gasteiger charge is 2.19. The van der Waals surface area contributed by atoms with Gasteiger partial charge < -0.3 is 4.90 Å². The zero-order valence-electron chi connectivity index (χ0n) is 12.0. The molecule has 8 nitrogen and oxygen atoms in total. The van der Waals surface area contributed by atoms with Crippen LogP contribution in [0.5, 0.6) is 0 Å². The number of carbonyl (C=O) groups is 1. The minimum absolute atomic E-state index is 0.256. The Balaban J connectivity index is 2.26. The molecule has 0 aliphatic carbocycles. The summed E-state index contributed by atoms with van der Waals surface area (Å²) in [5.74, 6) is -0.256. The molecule has 0 unspecified atom stereocenters. The van der Waals surface area contributed by atoms with Gasteiger partial charge in [0.05, 0.1) is 11.1 Å². The second-order valence-corrected chi connectivity index (χ2v) is 5.21. The number of nitriles is 1. The summed E-state index contributed by atoms with van der Waals surface area (Å²) in [7, 11) is 0. The van der Waals surface area contributed by atoms with Crippen LogP contribution in [0, 0.1) is 21.4 Å². The lowest BCUT2D eigenvalue weighted by molar-refractivity contribution is -0.385. The summed E-state index contributed by atoms with van der Waals surface area (Å²) in [5.41, 5.74) is -1.39. The average Bonchev–Trinajstić information content (AvgIpc) is 2.78. The van der Waals surface area contributed by atoms with E-state index in [4.69, 9.17) is 5.26 Å². The molecule has 1 fully saturated rings. The van der Waals surface area contributed by atoms with Gasteiger partial charge >= 0.3 is 0 Å². The minimum atomic E-state index is -0.687. The molecule has 0 aromatic carbocycles. The molecule has 1 aromatic rings. The SMILES string of the molecule is N#Cc1cc([N+](=O)[O-])cn(CC(=O)N2CCCCCC2)c1=O. The van der Waals surface area contributed by atoms with E-state index in [1.807, 2.05) is 0 Å². The van der Waals surface area contributed by atoms with Crippen LogP contribution in [-0.4, -0.2) is 33.4 Å². The van der Waals surface area contributed by atoms with E-state index < -0.39 is 10.5 Å². The Kier molecular flexibility index (Phi) is 4.88. The van der Waals surface area contributed by atoms with Crippen molar-refractivity contribution in [1.82, 2.24) is 9.47 Å². The van der Waals surface area contributed by atoms with Crippen molar-refractivity contribution in [2.45, 2.75) is 32.2 Å². The van der Waals surface area contributed by atoms with E-state index in [1.165, 1.54) is 0 Å². The maximum atomic E-state index is 12.3. The van der Waals surface area contributed by atoms with Crippen molar-refractivity contribution in [3.63, 3.8) is 0 Å². The molecular weight excluding hydrogens is 288 g/mol. The van der Waals surface area contributed by atoms with Gasteiger partial charge in [-0.1, -0.05) is 12.8 Å². The molecule has 116 valence electrons. The highest BCUT2D eigenvalue weighted by atomic mass is 16.6. The number of carbonyl (C=O) groups excluding carboxylic acids is 1. The first-order valence-electron chi connectivity index (χ1n) is 7.09. The summed E-state index contributed by atoms with van der Waals surface area (Å²) in [6.45, 7) is 0.983. The predicted molar refractivity (Wildman–Crippen MR) is 77.1 cm³/mol. The third-order valence-corrected chi connectivity index (χ3v) is 3.67. The van der Waals surface area contributed by atoms with Crippen LogP contribution in [0.25, 0.3) is 0 Å². The Morgan fingerprint density at radius 3 is 2.50 bits per heavy atom. The molecule has 8 heteroatoms. The van der Waals surface area contributed by atoms with Gasteiger partial charge in [0.25, 0.3) is 11.2 Å². The fourth-order valence-electron chi connectivity index (χ4n) is 2.48. The topological polar surface area (TPSA) is 109 Å². The Bertz CT molecular complexity index is 681. The number of amides is 1. The van der Waals surface area contributed by atoms with Crippen LogP contribution in [0.3, 0.4) is 0 Å². The molecule has 1 aliphatic rings. The third-order valence-electron chi connectivity index (χ3n) is 3.67. The first-order valence-corrected chi connectivity index (χ1v) is 7.09. The molecule has 1 amide bonds.